The first kappa shape index (κ1) is 12.8. The van der Waals surface area contributed by atoms with Gasteiger partial charge in [0.1, 0.15) is 0 Å². The lowest BCUT2D eigenvalue weighted by atomic mass is 10.1. The zero-order chi connectivity index (χ0) is 13.0. The average Bonchev–Trinajstić information content (AvgIpc) is 2.41. The number of hydrogen-bond acceptors (Lipinski definition) is 2. The SMILES string of the molecule is NCc1ccccc1C(=O)Nc1ccccc1Br. The van der Waals surface area contributed by atoms with Gasteiger partial charge in [0.05, 0.1) is 5.69 Å². The highest BCUT2D eigenvalue weighted by Crippen LogP contribution is 2.22. The Labute approximate surface area is 114 Å². The van der Waals surface area contributed by atoms with E-state index in [-0.39, 0.29) is 5.91 Å². The number of halogens is 1. The average molecular weight is 305 g/mol. The van der Waals surface area contributed by atoms with E-state index >= 15 is 0 Å². The molecule has 0 fully saturated rings. The van der Waals surface area contributed by atoms with E-state index in [4.69, 9.17) is 5.73 Å². The van der Waals surface area contributed by atoms with Crippen LogP contribution in [-0.2, 0) is 6.54 Å². The lowest BCUT2D eigenvalue weighted by Crippen LogP contribution is -2.15. The molecule has 0 aliphatic rings. The molecule has 4 heteroatoms. The minimum absolute atomic E-state index is 0.150. The van der Waals surface area contributed by atoms with E-state index < -0.39 is 0 Å². The fraction of sp³-hybridized carbons (Fsp3) is 0.0714. The molecule has 2 aromatic rings. The third kappa shape index (κ3) is 2.78. The first-order chi connectivity index (χ1) is 8.72. The van der Waals surface area contributed by atoms with Gasteiger partial charge >= 0.3 is 0 Å². The second-order valence-corrected chi connectivity index (χ2v) is 4.65. The number of carbonyl (C=O) groups is 1. The van der Waals surface area contributed by atoms with E-state index in [0.29, 0.717) is 12.1 Å². The van der Waals surface area contributed by atoms with E-state index in [2.05, 4.69) is 21.2 Å². The molecule has 0 saturated carbocycles. The first-order valence-corrected chi connectivity index (χ1v) is 6.35. The number of nitrogens with one attached hydrogen (secondary N) is 1. The van der Waals surface area contributed by atoms with Gasteiger partial charge in [-0.2, -0.15) is 0 Å². The Bertz CT molecular complexity index is 569. The summed E-state index contributed by atoms with van der Waals surface area (Å²) < 4.78 is 0.851. The van der Waals surface area contributed by atoms with Crippen molar-refractivity contribution in [1.29, 1.82) is 0 Å². The maximum absolute atomic E-state index is 12.2. The van der Waals surface area contributed by atoms with Crippen molar-refractivity contribution in [2.24, 2.45) is 5.73 Å². The van der Waals surface area contributed by atoms with Crippen molar-refractivity contribution in [2.75, 3.05) is 5.32 Å². The molecule has 0 heterocycles. The number of benzene rings is 2. The summed E-state index contributed by atoms with van der Waals surface area (Å²) in [4.78, 5) is 12.2. The highest BCUT2D eigenvalue weighted by molar-refractivity contribution is 9.10. The predicted molar refractivity (Wildman–Crippen MR) is 76.4 cm³/mol. The minimum atomic E-state index is -0.150. The third-order valence-corrected chi connectivity index (χ3v) is 3.30. The van der Waals surface area contributed by atoms with Crippen molar-refractivity contribution in [3.05, 3.63) is 64.1 Å². The zero-order valence-corrected chi connectivity index (χ0v) is 11.3. The number of hydrogen-bond donors (Lipinski definition) is 2. The van der Waals surface area contributed by atoms with Crippen LogP contribution in [0.4, 0.5) is 5.69 Å². The molecule has 3 nitrogen and oxygen atoms in total. The normalized spacial score (nSPS) is 10.1. The molecule has 0 bridgehead atoms. The maximum Gasteiger partial charge on any atom is 0.256 e. The van der Waals surface area contributed by atoms with Crippen molar-refractivity contribution in [2.45, 2.75) is 6.54 Å². The summed E-state index contributed by atoms with van der Waals surface area (Å²) in [5.74, 6) is -0.150. The summed E-state index contributed by atoms with van der Waals surface area (Å²) in [5.41, 5.74) is 7.81. The summed E-state index contributed by atoms with van der Waals surface area (Å²) >= 11 is 3.39. The number of para-hydroxylation sites is 1. The van der Waals surface area contributed by atoms with Crippen molar-refractivity contribution in [1.82, 2.24) is 0 Å². The Balaban J connectivity index is 2.25. The molecule has 2 aromatic carbocycles. The topological polar surface area (TPSA) is 55.1 Å². The van der Waals surface area contributed by atoms with Gasteiger partial charge in [-0.15, -0.1) is 0 Å². The molecule has 0 atom stereocenters. The Morgan fingerprint density at radius 3 is 2.50 bits per heavy atom. The van der Waals surface area contributed by atoms with Gasteiger partial charge in [-0.05, 0) is 39.7 Å². The van der Waals surface area contributed by atoms with Crippen LogP contribution in [0.5, 0.6) is 0 Å². The van der Waals surface area contributed by atoms with Gasteiger partial charge in [0, 0.05) is 16.6 Å². The molecule has 3 N–H and O–H groups in total. The van der Waals surface area contributed by atoms with Gasteiger partial charge in [-0.1, -0.05) is 30.3 Å². The molecule has 0 unspecified atom stereocenters. The Morgan fingerprint density at radius 2 is 1.78 bits per heavy atom. The standard InChI is InChI=1S/C14H13BrN2O/c15-12-7-3-4-8-13(12)17-14(18)11-6-2-1-5-10(11)9-16/h1-8H,9,16H2,(H,17,18). The minimum Gasteiger partial charge on any atom is -0.326 e. The molecule has 0 aromatic heterocycles. The maximum atomic E-state index is 12.2. The van der Waals surface area contributed by atoms with Crippen molar-refractivity contribution >= 4 is 27.5 Å². The van der Waals surface area contributed by atoms with Gasteiger partial charge < -0.3 is 11.1 Å². The van der Waals surface area contributed by atoms with E-state index in [0.717, 1.165) is 15.7 Å². The molecule has 1 amide bonds. The van der Waals surface area contributed by atoms with Crippen LogP contribution in [0.25, 0.3) is 0 Å². The number of anilines is 1. The summed E-state index contributed by atoms with van der Waals surface area (Å²) in [6, 6.07) is 14.8. The molecular formula is C14H13BrN2O. The summed E-state index contributed by atoms with van der Waals surface area (Å²) in [6.07, 6.45) is 0. The van der Waals surface area contributed by atoms with Gasteiger partial charge in [0.25, 0.3) is 5.91 Å². The molecule has 0 saturated heterocycles. The first-order valence-electron chi connectivity index (χ1n) is 5.56. The van der Waals surface area contributed by atoms with Crippen molar-refractivity contribution in [3.8, 4) is 0 Å². The lowest BCUT2D eigenvalue weighted by molar-refractivity contribution is 0.102. The summed E-state index contributed by atoms with van der Waals surface area (Å²) in [7, 11) is 0. The molecule has 0 aliphatic heterocycles. The van der Waals surface area contributed by atoms with E-state index in [9.17, 15) is 4.79 Å². The van der Waals surface area contributed by atoms with Crippen molar-refractivity contribution in [3.63, 3.8) is 0 Å². The second kappa shape index (κ2) is 5.80. The summed E-state index contributed by atoms with van der Waals surface area (Å²) in [6.45, 7) is 0.347. The Kier molecular flexibility index (Phi) is 4.12. The monoisotopic (exact) mass is 304 g/mol. The lowest BCUT2D eigenvalue weighted by Gasteiger charge is -2.09. The molecular weight excluding hydrogens is 292 g/mol. The van der Waals surface area contributed by atoms with Crippen LogP contribution in [0.3, 0.4) is 0 Å². The Morgan fingerprint density at radius 1 is 1.11 bits per heavy atom. The van der Waals surface area contributed by atoms with Crippen LogP contribution in [-0.4, -0.2) is 5.91 Å². The highest BCUT2D eigenvalue weighted by Gasteiger charge is 2.11. The molecule has 0 aliphatic carbocycles. The van der Waals surface area contributed by atoms with Gasteiger partial charge in [-0.25, -0.2) is 0 Å². The fourth-order valence-electron chi connectivity index (χ4n) is 1.67. The predicted octanol–water partition coefficient (Wildman–Crippen LogP) is 3.16. The van der Waals surface area contributed by atoms with Gasteiger partial charge in [0.15, 0.2) is 0 Å². The van der Waals surface area contributed by atoms with Crippen molar-refractivity contribution < 1.29 is 4.79 Å². The Hall–Kier alpha value is -1.65. The van der Waals surface area contributed by atoms with Crippen LogP contribution in [0.15, 0.2) is 53.0 Å². The molecule has 0 spiro atoms. The third-order valence-electron chi connectivity index (χ3n) is 2.60. The molecule has 92 valence electrons. The van der Waals surface area contributed by atoms with Crippen LogP contribution < -0.4 is 11.1 Å². The van der Waals surface area contributed by atoms with Crippen LogP contribution in [0.1, 0.15) is 15.9 Å². The second-order valence-electron chi connectivity index (χ2n) is 3.80. The van der Waals surface area contributed by atoms with Gasteiger partial charge in [0.2, 0.25) is 0 Å². The zero-order valence-electron chi connectivity index (χ0n) is 9.69. The van der Waals surface area contributed by atoms with E-state index in [1.165, 1.54) is 0 Å². The van der Waals surface area contributed by atoms with Gasteiger partial charge in [-0.3, -0.25) is 4.79 Å². The van der Waals surface area contributed by atoms with Crippen LogP contribution in [0.2, 0.25) is 0 Å². The molecule has 18 heavy (non-hydrogen) atoms. The number of nitrogens with two attached hydrogens (primary N) is 1. The summed E-state index contributed by atoms with van der Waals surface area (Å²) in [5, 5.41) is 2.86. The fourth-order valence-corrected chi connectivity index (χ4v) is 2.06. The highest BCUT2D eigenvalue weighted by atomic mass is 79.9. The molecule has 2 rings (SSSR count). The van der Waals surface area contributed by atoms with Crippen LogP contribution in [0, 0.1) is 0 Å². The number of carbonyl (C=O) groups excluding carboxylic acids is 1. The van der Waals surface area contributed by atoms with E-state index in [1.54, 1.807) is 6.07 Å². The van der Waals surface area contributed by atoms with E-state index in [1.807, 2.05) is 42.5 Å². The number of amides is 1. The number of rotatable bonds is 3. The smallest absolute Gasteiger partial charge is 0.256 e. The van der Waals surface area contributed by atoms with Crippen LogP contribution >= 0.6 is 15.9 Å². The largest absolute Gasteiger partial charge is 0.326 e. The quantitative estimate of drug-likeness (QED) is 0.915. The molecule has 0 radical (unpaired) electrons.